The van der Waals surface area contributed by atoms with Gasteiger partial charge in [-0.2, -0.15) is 0 Å². The van der Waals surface area contributed by atoms with Crippen molar-refractivity contribution in [2.24, 2.45) is 17.6 Å². The maximum Gasteiger partial charge on any atom is 0.326 e. The number of carboxylic acids is 2. The van der Waals surface area contributed by atoms with Crippen LogP contribution in [0.2, 0.25) is 0 Å². The fourth-order valence-electron chi connectivity index (χ4n) is 5.12. The Morgan fingerprint density at radius 3 is 2.11 bits per heavy atom. The molecule has 14 heteroatoms. The largest absolute Gasteiger partial charge is 0.508 e. The van der Waals surface area contributed by atoms with Crippen molar-refractivity contribution in [2.45, 2.75) is 103 Å². The molecule has 8 N–H and O–H groups in total. The number of aromatic hydroxyl groups is 1. The Hall–Kier alpha value is -4.20. The molecule has 0 unspecified atom stereocenters. The van der Waals surface area contributed by atoms with E-state index in [-0.39, 0.29) is 43.4 Å². The molecule has 45 heavy (non-hydrogen) atoms. The Morgan fingerprint density at radius 1 is 0.933 bits per heavy atom. The lowest BCUT2D eigenvalue weighted by Gasteiger charge is -2.31. The molecule has 0 radical (unpaired) electrons. The number of amides is 4. The third-order valence-corrected chi connectivity index (χ3v) is 7.99. The van der Waals surface area contributed by atoms with Crippen molar-refractivity contribution >= 4 is 35.6 Å². The van der Waals surface area contributed by atoms with E-state index in [0.29, 0.717) is 24.8 Å². The number of carboxylic acid groups (broad SMARTS) is 2. The van der Waals surface area contributed by atoms with Crippen molar-refractivity contribution < 1.29 is 44.1 Å². The fraction of sp³-hybridized carbons (Fsp3) is 0.613. The number of benzene rings is 1. The molecule has 1 aliphatic rings. The standard InChI is InChI=1S/C31H47N5O9/c1-5-18(4)26(32)29(42)34-22(15-17(2)3)30(43)36-14-6-7-24(36)28(41)33-21(12-13-25(38)39)27(40)35-23(31(44)45)16-19-8-10-20(37)11-9-19/h8-11,17-18,21-24,26,37H,5-7,12-16,32H2,1-4H3,(H,33,41)(H,34,42)(H,35,40)(H,38,39)(H,44,45)/t18-,21-,22-,23-,24-,26-/m0/s1. The van der Waals surface area contributed by atoms with Crippen molar-refractivity contribution in [1.82, 2.24) is 20.9 Å². The van der Waals surface area contributed by atoms with Crippen molar-refractivity contribution in [2.75, 3.05) is 6.54 Å². The maximum absolute atomic E-state index is 13.7. The van der Waals surface area contributed by atoms with Crippen molar-refractivity contribution in [3.05, 3.63) is 29.8 Å². The van der Waals surface area contributed by atoms with Gasteiger partial charge in [-0.15, -0.1) is 0 Å². The first-order chi connectivity index (χ1) is 21.1. The van der Waals surface area contributed by atoms with Crippen LogP contribution in [0.1, 0.15) is 71.8 Å². The number of hydrogen-bond donors (Lipinski definition) is 7. The smallest absolute Gasteiger partial charge is 0.326 e. The zero-order chi connectivity index (χ0) is 33.8. The van der Waals surface area contributed by atoms with Crippen LogP contribution < -0.4 is 21.7 Å². The topological polar surface area (TPSA) is 228 Å². The van der Waals surface area contributed by atoms with Gasteiger partial charge in [0.15, 0.2) is 0 Å². The number of nitrogens with one attached hydrogen (secondary N) is 3. The van der Waals surface area contributed by atoms with Crippen molar-refractivity contribution in [3.63, 3.8) is 0 Å². The lowest BCUT2D eigenvalue weighted by atomic mass is 9.97. The van der Waals surface area contributed by atoms with Gasteiger partial charge >= 0.3 is 11.9 Å². The third-order valence-electron chi connectivity index (χ3n) is 7.99. The molecule has 0 saturated carbocycles. The number of likely N-dealkylation sites (tertiary alicyclic amines) is 1. The van der Waals surface area contributed by atoms with E-state index >= 15 is 0 Å². The molecule has 4 amide bonds. The maximum atomic E-state index is 13.7. The first-order valence-corrected chi connectivity index (χ1v) is 15.3. The summed E-state index contributed by atoms with van der Waals surface area (Å²) in [5, 5.41) is 36.1. The highest BCUT2D eigenvalue weighted by Crippen LogP contribution is 2.21. The minimum absolute atomic E-state index is 0.0156. The summed E-state index contributed by atoms with van der Waals surface area (Å²) in [6.07, 6.45) is 0.807. The van der Waals surface area contributed by atoms with Crippen molar-refractivity contribution in [3.8, 4) is 5.75 Å². The third kappa shape index (κ3) is 11.3. The summed E-state index contributed by atoms with van der Waals surface area (Å²) in [5.74, 6) is -5.18. The Labute approximate surface area is 263 Å². The van der Waals surface area contributed by atoms with E-state index < -0.39 is 72.2 Å². The van der Waals surface area contributed by atoms with Gasteiger partial charge in [0.25, 0.3) is 0 Å². The van der Waals surface area contributed by atoms with Crippen LogP contribution in [0.15, 0.2) is 24.3 Å². The summed E-state index contributed by atoms with van der Waals surface area (Å²) in [5.41, 5.74) is 6.60. The van der Waals surface area contributed by atoms with Crippen LogP contribution in [-0.2, 0) is 35.2 Å². The molecular formula is C31H47N5O9. The molecule has 14 nitrogen and oxygen atoms in total. The molecule has 0 bridgehead atoms. The lowest BCUT2D eigenvalue weighted by molar-refractivity contribution is -0.144. The second-order valence-corrected chi connectivity index (χ2v) is 12.1. The van der Waals surface area contributed by atoms with E-state index in [4.69, 9.17) is 5.73 Å². The summed E-state index contributed by atoms with van der Waals surface area (Å²) in [6, 6.07) is 0.218. The van der Waals surface area contributed by atoms with Crippen LogP contribution in [0.25, 0.3) is 0 Å². The number of hydrogen-bond acceptors (Lipinski definition) is 8. The predicted octanol–water partition coefficient (Wildman–Crippen LogP) is 0.749. The Balaban J connectivity index is 2.21. The molecule has 1 aliphatic heterocycles. The molecule has 0 aromatic heterocycles. The normalized spacial score (nSPS) is 17.9. The van der Waals surface area contributed by atoms with E-state index in [1.807, 2.05) is 27.7 Å². The molecular weight excluding hydrogens is 586 g/mol. The van der Waals surface area contributed by atoms with Crippen LogP contribution in [0.5, 0.6) is 5.75 Å². The predicted molar refractivity (Wildman–Crippen MR) is 164 cm³/mol. The number of nitrogens with two attached hydrogens (primary N) is 1. The summed E-state index contributed by atoms with van der Waals surface area (Å²) in [7, 11) is 0. The molecule has 0 aliphatic carbocycles. The summed E-state index contributed by atoms with van der Waals surface area (Å²) < 4.78 is 0. The van der Waals surface area contributed by atoms with Gasteiger partial charge in [-0.25, -0.2) is 4.79 Å². The Bertz CT molecular complexity index is 1210. The van der Waals surface area contributed by atoms with Crippen molar-refractivity contribution in [1.29, 1.82) is 0 Å². The highest BCUT2D eigenvalue weighted by atomic mass is 16.4. The molecule has 1 fully saturated rings. The van der Waals surface area contributed by atoms with Gasteiger partial charge in [0.2, 0.25) is 23.6 Å². The van der Waals surface area contributed by atoms with E-state index in [9.17, 15) is 44.1 Å². The lowest BCUT2D eigenvalue weighted by Crippen LogP contribution is -2.58. The zero-order valence-electron chi connectivity index (χ0n) is 26.3. The zero-order valence-corrected chi connectivity index (χ0v) is 26.3. The SMILES string of the molecule is CC[C@H](C)[C@H](N)C(=O)N[C@@H](CC(C)C)C(=O)N1CCC[C@H]1C(=O)N[C@@H](CCC(=O)O)C(=O)N[C@@H](Cc1ccc(O)cc1)C(=O)O. The van der Waals surface area contributed by atoms with Crippen LogP contribution in [0, 0.1) is 11.8 Å². The van der Waals surface area contributed by atoms with Crippen LogP contribution in [0.4, 0.5) is 0 Å². The van der Waals surface area contributed by atoms with E-state index in [2.05, 4.69) is 16.0 Å². The van der Waals surface area contributed by atoms with Gasteiger partial charge in [0.1, 0.15) is 29.9 Å². The molecule has 2 rings (SSSR count). The van der Waals surface area contributed by atoms with Gasteiger partial charge in [0.05, 0.1) is 6.04 Å². The highest BCUT2D eigenvalue weighted by molar-refractivity contribution is 5.96. The highest BCUT2D eigenvalue weighted by Gasteiger charge is 2.40. The van der Waals surface area contributed by atoms with Crippen LogP contribution in [0.3, 0.4) is 0 Å². The summed E-state index contributed by atoms with van der Waals surface area (Å²) in [6.45, 7) is 7.77. The average Bonchev–Trinajstić information content (AvgIpc) is 3.48. The average molecular weight is 634 g/mol. The quantitative estimate of drug-likeness (QED) is 0.127. The number of phenolic OH excluding ortho intramolecular Hbond substituents is 1. The van der Waals surface area contributed by atoms with E-state index in [0.717, 1.165) is 0 Å². The van der Waals surface area contributed by atoms with Gasteiger partial charge in [-0.3, -0.25) is 24.0 Å². The minimum Gasteiger partial charge on any atom is -0.508 e. The molecule has 1 saturated heterocycles. The molecule has 6 atom stereocenters. The molecule has 250 valence electrons. The van der Waals surface area contributed by atoms with Gasteiger partial charge < -0.3 is 41.9 Å². The number of phenols is 1. The second-order valence-electron chi connectivity index (χ2n) is 12.1. The first-order valence-electron chi connectivity index (χ1n) is 15.3. The van der Waals surface area contributed by atoms with Gasteiger partial charge in [-0.1, -0.05) is 46.2 Å². The molecule has 1 aromatic carbocycles. The first kappa shape index (κ1) is 37.0. The van der Waals surface area contributed by atoms with E-state index in [1.165, 1.54) is 29.2 Å². The minimum atomic E-state index is -1.40. The van der Waals surface area contributed by atoms with Crippen LogP contribution in [-0.4, -0.2) is 92.5 Å². The monoisotopic (exact) mass is 633 g/mol. The number of aliphatic carboxylic acids is 2. The Kier molecular flexibility index (Phi) is 14.2. The fourth-order valence-corrected chi connectivity index (χ4v) is 5.12. The summed E-state index contributed by atoms with van der Waals surface area (Å²) in [4.78, 5) is 77.8. The number of carbonyl (C=O) groups excluding carboxylic acids is 4. The van der Waals surface area contributed by atoms with Gasteiger partial charge in [0, 0.05) is 19.4 Å². The number of rotatable bonds is 17. The number of nitrogens with zero attached hydrogens (tertiary/aromatic N) is 1. The van der Waals surface area contributed by atoms with Gasteiger partial charge in [-0.05, 0) is 55.2 Å². The second kappa shape index (κ2) is 17.3. The van der Waals surface area contributed by atoms with Crippen LogP contribution >= 0.6 is 0 Å². The number of carbonyl (C=O) groups is 6. The molecule has 0 spiro atoms. The summed E-state index contributed by atoms with van der Waals surface area (Å²) >= 11 is 0. The van der Waals surface area contributed by atoms with E-state index in [1.54, 1.807) is 0 Å². The molecule has 1 heterocycles. The molecule has 1 aromatic rings. The Morgan fingerprint density at radius 2 is 1.56 bits per heavy atom.